The molecule has 1 atom stereocenters. The Hall–Kier alpha value is -3.48. The quantitative estimate of drug-likeness (QED) is 0.757. The zero-order valence-electron chi connectivity index (χ0n) is 17.9. The minimum absolute atomic E-state index is 0.0356. The van der Waals surface area contributed by atoms with Crippen LogP contribution in [0.15, 0.2) is 53.8 Å². The van der Waals surface area contributed by atoms with Crippen molar-refractivity contribution in [2.45, 2.75) is 39.3 Å². The first-order valence-corrected chi connectivity index (χ1v) is 10.6. The lowest BCUT2D eigenvalue weighted by molar-refractivity contribution is -0.120. The van der Waals surface area contributed by atoms with Crippen molar-refractivity contribution < 1.29 is 9.59 Å². The molecule has 0 saturated heterocycles. The molecule has 2 aliphatic rings. The molecule has 0 bridgehead atoms. The number of allylic oxidation sites excluding steroid dienone is 1. The lowest BCUT2D eigenvalue weighted by Gasteiger charge is -2.41. The molecule has 1 aromatic heterocycles. The Morgan fingerprint density at radius 3 is 2.68 bits per heavy atom. The molecule has 7 nitrogen and oxygen atoms in total. The summed E-state index contributed by atoms with van der Waals surface area (Å²) in [5.41, 5.74) is 9.86. The van der Waals surface area contributed by atoms with Crippen LogP contribution in [0, 0.1) is 5.92 Å². The summed E-state index contributed by atoms with van der Waals surface area (Å²) < 4.78 is 0. The number of aromatic nitrogens is 1. The van der Waals surface area contributed by atoms with Gasteiger partial charge in [-0.25, -0.2) is 0 Å². The fraction of sp³-hybridized carbons (Fsp3) is 0.333. The number of fused-ring (bicyclic) bond motifs is 1. The number of nitrogens with two attached hydrogens (primary N) is 1. The molecular weight excluding hydrogens is 390 g/mol. The van der Waals surface area contributed by atoms with Crippen molar-refractivity contribution >= 4 is 35.0 Å². The van der Waals surface area contributed by atoms with Gasteiger partial charge in [-0.1, -0.05) is 12.1 Å². The van der Waals surface area contributed by atoms with Gasteiger partial charge < -0.3 is 15.5 Å². The SMILES string of the molecule is CC(=O)N1c2ccc(C(C=NCc3ccccn3)=CN)cc2N(C(=O)C2CC2)C[C@@H]1C. The predicted molar refractivity (Wildman–Crippen MR) is 123 cm³/mol. The molecule has 1 aliphatic heterocycles. The van der Waals surface area contributed by atoms with Gasteiger partial charge >= 0.3 is 0 Å². The lowest BCUT2D eigenvalue weighted by Crippen LogP contribution is -2.51. The van der Waals surface area contributed by atoms with Gasteiger partial charge in [-0.2, -0.15) is 0 Å². The van der Waals surface area contributed by atoms with Crippen molar-refractivity contribution in [1.82, 2.24) is 4.98 Å². The number of pyridine rings is 1. The van der Waals surface area contributed by atoms with Crippen LogP contribution < -0.4 is 15.5 Å². The van der Waals surface area contributed by atoms with Crippen LogP contribution in [-0.4, -0.2) is 35.6 Å². The summed E-state index contributed by atoms with van der Waals surface area (Å²) in [5, 5.41) is 0. The maximum atomic E-state index is 13.0. The number of aliphatic imine (C=N–C) groups is 1. The van der Waals surface area contributed by atoms with E-state index in [-0.39, 0.29) is 23.8 Å². The number of benzene rings is 1. The zero-order valence-corrected chi connectivity index (χ0v) is 17.9. The van der Waals surface area contributed by atoms with Crippen molar-refractivity contribution in [3.8, 4) is 0 Å². The molecule has 160 valence electrons. The van der Waals surface area contributed by atoms with Crippen molar-refractivity contribution in [3.63, 3.8) is 0 Å². The van der Waals surface area contributed by atoms with Gasteiger partial charge in [0.2, 0.25) is 11.8 Å². The molecular formula is C24H27N5O2. The topological polar surface area (TPSA) is 91.9 Å². The average Bonchev–Trinajstić information content (AvgIpc) is 3.61. The Morgan fingerprint density at radius 1 is 1.23 bits per heavy atom. The van der Waals surface area contributed by atoms with Crippen LogP contribution in [0.25, 0.3) is 5.57 Å². The van der Waals surface area contributed by atoms with Crippen LogP contribution in [0.3, 0.4) is 0 Å². The van der Waals surface area contributed by atoms with Gasteiger partial charge in [-0.3, -0.25) is 19.6 Å². The highest BCUT2D eigenvalue weighted by Gasteiger charge is 2.39. The Balaban J connectivity index is 1.66. The molecule has 4 rings (SSSR count). The number of hydrogen-bond acceptors (Lipinski definition) is 5. The first-order valence-electron chi connectivity index (χ1n) is 10.6. The molecule has 1 aromatic carbocycles. The summed E-state index contributed by atoms with van der Waals surface area (Å²) in [4.78, 5) is 37.6. The molecule has 31 heavy (non-hydrogen) atoms. The highest BCUT2D eigenvalue weighted by Crippen LogP contribution is 2.41. The fourth-order valence-corrected chi connectivity index (χ4v) is 3.99. The van der Waals surface area contributed by atoms with E-state index in [1.807, 2.05) is 48.2 Å². The standard InChI is InChI=1S/C24H27N5O2/c1-16-15-28(24(31)18-6-7-18)23-11-19(8-9-22(23)29(16)17(2)30)20(12-25)13-26-14-21-5-3-4-10-27-21/h3-5,8-13,16,18H,6-7,14-15,25H2,1-2H3/t16-/m0/s1. The molecule has 2 N–H and O–H groups in total. The van der Waals surface area contributed by atoms with Gasteiger partial charge in [0, 0.05) is 43.6 Å². The third kappa shape index (κ3) is 4.35. The summed E-state index contributed by atoms with van der Waals surface area (Å²) in [6.07, 6.45) is 6.83. The molecule has 7 heteroatoms. The highest BCUT2D eigenvalue weighted by molar-refractivity contribution is 6.11. The number of rotatable bonds is 5. The minimum atomic E-state index is -0.0806. The number of amides is 2. The van der Waals surface area contributed by atoms with E-state index >= 15 is 0 Å². The average molecular weight is 418 g/mol. The summed E-state index contributed by atoms with van der Waals surface area (Å²) in [5.74, 6) is 0.194. The van der Waals surface area contributed by atoms with Crippen LogP contribution in [0.5, 0.6) is 0 Å². The molecule has 0 spiro atoms. The molecule has 1 aliphatic carbocycles. The van der Waals surface area contributed by atoms with Crippen LogP contribution in [-0.2, 0) is 16.1 Å². The molecule has 2 aromatic rings. The Bertz CT molecular complexity index is 1040. The fourth-order valence-electron chi connectivity index (χ4n) is 3.99. The number of hydrogen-bond donors (Lipinski definition) is 1. The van der Waals surface area contributed by atoms with E-state index in [1.54, 1.807) is 24.2 Å². The van der Waals surface area contributed by atoms with Gasteiger partial charge in [0.25, 0.3) is 0 Å². The van der Waals surface area contributed by atoms with E-state index in [9.17, 15) is 9.59 Å². The second-order valence-corrected chi connectivity index (χ2v) is 8.08. The van der Waals surface area contributed by atoms with Gasteiger partial charge in [0.15, 0.2) is 0 Å². The van der Waals surface area contributed by atoms with E-state index < -0.39 is 0 Å². The second kappa shape index (κ2) is 8.71. The first-order chi connectivity index (χ1) is 15.0. The van der Waals surface area contributed by atoms with Crippen molar-refractivity contribution in [3.05, 3.63) is 60.1 Å². The van der Waals surface area contributed by atoms with Gasteiger partial charge in [-0.15, -0.1) is 0 Å². The largest absolute Gasteiger partial charge is 0.404 e. The number of nitrogens with zero attached hydrogens (tertiary/aromatic N) is 4. The van der Waals surface area contributed by atoms with Gasteiger partial charge in [0.05, 0.1) is 29.7 Å². The summed E-state index contributed by atoms with van der Waals surface area (Å²) in [7, 11) is 0. The van der Waals surface area contributed by atoms with Crippen molar-refractivity contribution in [2.75, 3.05) is 16.3 Å². The lowest BCUT2D eigenvalue weighted by atomic mass is 10.0. The zero-order chi connectivity index (χ0) is 22.0. The molecule has 2 amide bonds. The number of carbonyl (C=O) groups is 2. The predicted octanol–water partition coefficient (Wildman–Crippen LogP) is 3.15. The first kappa shape index (κ1) is 20.8. The monoisotopic (exact) mass is 417 g/mol. The van der Waals surface area contributed by atoms with Crippen LogP contribution in [0.2, 0.25) is 0 Å². The van der Waals surface area contributed by atoms with Crippen LogP contribution >= 0.6 is 0 Å². The maximum absolute atomic E-state index is 13.0. The minimum Gasteiger partial charge on any atom is -0.404 e. The van der Waals surface area contributed by atoms with Crippen molar-refractivity contribution in [2.24, 2.45) is 16.6 Å². The van der Waals surface area contributed by atoms with E-state index in [0.29, 0.717) is 13.1 Å². The number of carbonyl (C=O) groups excluding carboxylic acids is 2. The van der Waals surface area contributed by atoms with Gasteiger partial charge in [-0.05, 0) is 49.6 Å². The van der Waals surface area contributed by atoms with Crippen molar-refractivity contribution in [1.29, 1.82) is 0 Å². The normalized spacial score (nSPS) is 18.9. The molecule has 2 heterocycles. The molecule has 1 fully saturated rings. The Morgan fingerprint density at radius 2 is 2.03 bits per heavy atom. The molecule has 0 unspecified atom stereocenters. The maximum Gasteiger partial charge on any atom is 0.230 e. The Labute approximate surface area is 182 Å². The Kier molecular flexibility index (Phi) is 5.84. The van der Waals surface area contributed by atoms with Crippen LogP contribution in [0.4, 0.5) is 11.4 Å². The van der Waals surface area contributed by atoms with Gasteiger partial charge in [0.1, 0.15) is 0 Å². The summed E-state index contributed by atoms with van der Waals surface area (Å²) in [6, 6.07) is 11.4. The van der Waals surface area contributed by atoms with E-state index in [1.165, 1.54) is 6.20 Å². The molecule has 0 radical (unpaired) electrons. The summed E-state index contributed by atoms with van der Waals surface area (Å²) in [6.45, 7) is 4.47. The molecule has 1 saturated carbocycles. The van der Waals surface area contributed by atoms with E-state index in [4.69, 9.17) is 5.73 Å². The van der Waals surface area contributed by atoms with Crippen LogP contribution in [0.1, 0.15) is 37.9 Å². The highest BCUT2D eigenvalue weighted by atomic mass is 16.2. The number of anilines is 2. The van der Waals surface area contributed by atoms with E-state index in [2.05, 4.69) is 9.98 Å². The summed E-state index contributed by atoms with van der Waals surface area (Å²) >= 11 is 0. The third-order valence-electron chi connectivity index (χ3n) is 5.67. The second-order valence-electron chi connectivity index (χ2n) is 8.08. The third-order valence-corrected chi connectivity index (χ3v) is 5.67. The van der Waals surface area contributed by atoms with E-state index in [0.717, 1.165) is 41.0 Å². The smallest absolute Gasteiger partial charge is 0.230 e.